The average molecular weight is 207 g/mol. The fraction of sp³-hybridized carbons (Fsp3) is 0.500. The smallest absolute Gasteiger partial charge is 0.261 e. The van der Waals surface area contributed by atoms with Crippen LogP contribution in [0.5, 0.6) is 0 Å². The number of pyridine rings is 1. The Bertz CT molecular complexity index is 430. The predicted molar refractivity (Wildman–Crippen MR) is 60.3 cm³/mol. The lowest BCUT2D eigenvalue weighted by Crippen LogP contribution is -2.28. The van der Waals surface area contributed by atoms with E-state index in [0.717, 1.165) is 5.69 Å². The lowest BCUT2D eigenvalue weighted by atomic mass is 10.1. The zero-order valence-corrected chi connectivity index (χ0v) is 9.70. The molecule has 0 saturated heterocycles. The maximum Gasteiger partial charge on any atom is 0.261 e. The van der Waals surface area contributed by atoms with Gasteiger partial charge in [0, 0.05) is 12.2 Å². The van der Waals surface area contributed by atoms with Gasteiger partial charge in [-0.25, -0.2) is 0 Å². The van der Waals surface area contributed by atoms with E-state index in [0.29, 0.717) is 12.5 Å². The highest BCUT2D eigenvalue weighted by Crippen LogP contribution is 2.03. The fourth-order valence-electron chi connectivity index (χ4n) is 1.53. The predicted octanol–water partition coefficient (Wildman–Crippen LogP) is 2.02. The summed E-state index contributed by atoms with van der Waals surface area (Å²) in [5.41, 5.74) is 1.01. The number of carbonyl (C=O) groups excluding carboxylic acids is 1. The van der Waals surface area contributed by atoms with Gasteiger partial charge < -0.3 is 4.57 Å². The van der Waals surface area contributed by atoms with Crippen LogP contribution in [0.1, 0.15) is 36.8 Å². The first-order valence-electron chi connectivity index (χ1n) is 5.15. The molecule has 0 atom stereocenters. The minimum Gasteiger partial charge on any atom is -0.312 e. The van der Waals surface area contributed by atoms with E-state index in [9.17, 15) is 9.59 Å². The summed E-state index contributed by atoms with van der Waals surface area (Å²) in [5.74, 6) is 0.223. The number of aromatic nitrogens is 1. The Kier molecular flexibility index (Phi) is 3.45. The van der Waals surface area contributed by atoms with Gasteiger partial charge in [-0.1, -0.05) is 13.8 Å². The number of rotatable bonds is 3. The number of carbonyl (C=O) groups is 1. The van der Waals surface area contributed by atoms with Crippen molar-refractivity contribution in [2.45, 2.75) is 34.2 Å². The first-order valence-corrected chi connectivity index (χ1v) is 5.15. The summed E-state index contributed by atoms with van der Waals surface area (Å²) >= 11 is 0. The molecule has 0 aromatic carbocycles. The van der Waals surface area contributed by atoms with Gasteiger partial charge in [0.05, 0.1) is 5.56 Å². The molecule has 0 aliphatic heterocycles. The van der Waals surface area contributed by atoms with Crippen molar-refractivity contribution in [1.82, 2.24) is 4.57 Å². The molecule has 1 aromatic rings. The van der Waals surface area contributed by atoms with E-state index in [-0.39, 0.29) is 16.9 Å². The third-order valence-corrected chi connectivity index (χ3v) is 2.32. The van der Waals surface area contributed by atoms with Gasteiger partial charge in [0.2, 0.25) is 0 Å². The first-order chi connectivity index (χ1) is 6.93. The Morgan fingerprint density at radius 2 is 2.00 bits per heavy atom. The van der Waals surface area contributed by atoms with Gasteiger partial charge in [-0.3, -0.25) is 9.59 Å². The van der Waals surface area contributed by atoms with E-state index >= 15 is 0 Å². The van der Waals surface area contributed by atoms with Gasteiger partial charge in [0.15, 0.2) is 5.78 Å². The van der Waals surface area contributed by atoms with E-state index in [1.165, 1.54) is 6.92 Å². The van der Waals surface area contributed by atoms with Gasteiger partial charge in [0.25, 0.3) is 5.56 Å². The second kappa shape index (κ2) is 4.43. The molecule has 0 spiro atoms. The number of ketones is 1. The van der Waals surface area contributed by atoms with Crippen LogP contribution in [0.25, 0.3) is 0 Å². The Labute approximate surface area is 89.7 Å². The molecule has 1 aromatic heterocycles. The lowest BCUT2D eigenvalue weighted by molar-refractivity contribution is 0.101. The molecule has 15 heavy (non-hydrogen) atoms. The summed E-state index contributed by atoms with van der Waals surface area (Å²) in [7, 11) is 0. The highest BCUT2D eigenvalue weighted by atomic mass is 16.1. The second-order valence-electron chi connectivity index (χ2n) is 4.25. The van der Waals surface area contributed by atoms with Gasteiger partial charge in [-0.2, -0.15) is 0 Å². The molecule has 0 amide bonds. The molecule has 82 valence electrons. The Morgan fingerprint density at radius 1 is 1.40 bits per heavy atom. The van der Waals surface area contributed by atoms with Crippen LogP contribution in [-0.4, -0.2) is 10.4 Å². The van der Waals surface area contributed by atoms with Gasteiger partial charge in [-0.15, -0.1) is 0 Å². The molecule has 0 saturated carbocycles. The molecule has 0 bridgehead atoms. The quantitative estimate of drug-likeness (QED) is 0.711. The van der Waals surface area contributed by atoms with Crippen molar-refractivity contribution in [2.24, 2.45) is 5.92 Å². The van der Waals surface area contributed by atoms with E-state index in [1.54, 1.807) is 10.6 Å². The number of nitrogens with zero attached hydrogens (tertiary/aromatic N) is 1. The molecule has 0 aliphatic carbocycles. The Morgan fingerprint density at radius 3 is 2.47 bits per heavy atom. The van der Waals surface area contributed by atoms with E-state index in [4.69, 9.17) is 0 Å². The molecule has 0 radical (unpaired) electrons. The Balaban J connectivity index is 3.31. The second-order valence-corrected chi connectivity index (χ2v) is 4.25. The van der Waals surface area contributed by atoms with Crippen molar-refractivity contribution in [2.75, 3.05) is 0 Å². The minimum absolute atomic E-state index is 0.169. The monoisotopic (exact) mass is 207 g/mol. The van der Waals surface area contributed by atoms with Gasteiger partial charge in [0.1, 0.15) is 0 Å². The standard InChI is InChI=1S/C12H17NO2/c1-8(2)7-13-9(3)5-6-11(10(4)14)12(13)15/h5-6,8H,7H2,1-4H3. The van der Waals surface area contributed by atoms with Gasteiger partial charge >= 0.3 is 0 Å². The zero-order chi connectivity index (χ0) is 11.6. The number of aryl methyl sites for hydroxylation is 1. The SMILES string of the molecule is CC(=O)c1ccc(C)n(CC(C)C)c1=O. The van der Waals surface area contributed by atoms with Crippen molar-refractivity contribution in [3.8, 4) is 0 Å². The van der Waals surface area contributed by atoms with Gasteiger partial charge in [-0.05, 0) is 31.9 Å². The average Bonchev–Trinajstić information content (AvgIpc) is 2.11. The third-order valence-electron chi connectivity index (χ3n) is 2.32. The van der Waals surface area contributed by atoms with Crippen LogP contribution in [0.3, 0.4) is 0 Å². The maximum atomic E-state index is 11.9. The van der Waals surface area contributed by atoms with Crippen LogP contribution in [0.15, 0.2) is 16.9 Å². The molecule has 1 rings (SSSR count). The third kappa shape index (κ3) is 2.55. The van der Waals surface area contributed by atoms with Crippen LogP contribution < -0.4 is 5.56 Å². The highest BCUT2D eigenvalue weighted by molar-refractivity contribution is 5.93. The van der Waals surface area contributed by atoms with Crippen LogP contribution in [0, 0.1) is 12.8 Å². The summed E-state index contributed by atoms with van der Waals surface area (Å²) in [6, 6.07) is 3.43. The summed E-state index contributed by atoms with van der Waals surface area (Å²) in [4.78, 5) is 23.1. The number of hydrogen-bond donors (Lipinski definition) is 0. The molecule has 0 aliphatic rings. The summed E-state index contributed by atoms with van der Waals surface area (Å²) in [6.07, 6.45) is 0. The first kappa shape index (κ1) is 11.7. The van der Waals surface area contributed by atoms with E-state index < -0.39 is 0 Å². The van der Waals surface area contributed by atoms with Crippen molar-refractivity contribution in [3.63, 3.8) is 0 Å². The minimum atomic E-state index is -0.170. The Hall–Kier alpha value is -1.38. The number of Topliss-reactive ketones (excluding diaryl/α,β-unsaturated/α-hetero) is 1. The normalized spacial score (nSPS) is 10.7. The molecular weight excluding hydrogens is 190 g/mol. The number of hydrogen-bond acceptors (Lipinski definition) is 2. The van der Waals surface area contributed by atoms with Crippen molar-refractivity contribution < 1.29 is 4.79 Å². The molecule has 0 unspecified atom stereocenters. The molecular formula is C12H17NO2. The molecule has 0 fully saturated rings. The van der Waals surface area contributed by atoms with Crippen molar-refractivity contribution in [1.29, 1.82) is 0 Å². The van der Waals surface area contributed by atoms with Crippen LogP contribution in [0.2, 0.25) is 0 Å². The maximum absolute atomic E-state index is 11.9. The summed E-state index contributed by atoms with van der Waals surface area (Å²) in [5, 5.41) is 0. The van der Waals surface area contributed by atoms with Crippen LogP contribution in [-0.2, 0) is 6.54 Å². The molecule has 0 N–H and O–H groups in total. The topological polar surface area (TPSA) is 39.1 Å². The van der Waals surface area contributed by atoms with Crippen molar-refractivity contribution >= 4 is 5.78 Å². The van der Waals surface area contributed by atoms with E-state index in [2.05, 4.69) is 0 Å². The summed E-state index contributed by atoms with van der Waals surface area (Å²) < 4.78 is 1.67. The molecule has 3 nitrogen and oxygen atoms in total. The van der Waals surface area contributed by atoms with Crippen LogP contribution >= 0.6 is 0 Å². The molecule has 3 heteroatoms. The largest absolute Gasteiger partial charge is 0.312 e. The van der Waals surface area contributed by atoms with Crippen LogP contribution in [0.4, 0.5) is 0 Å². The zero-order valence-electron chi connectivity index (χ0n) is 9.70. The lowest BCUT2D eigenvalue weighted by Gasteiger charge is -2.13. The fourth-order valence-corrected chi connectivity index (χ4v) is 1.53. The summed E-state index contributed by atoms with van der Waals surface area (Å²) in [6.45, 7) is 8.06. The van der Waals surface area contributed by atoms with Crippen molar-refractivity contribution in [3.05, 3.63) is 33.7 Å². The highest BCUT2D eigenvalue weighted by Gasteiger charge is 2.10. The molecule has 1 heterocycles. The van der Waals surface area contributed by atoms with E-state index in [1.807, 2.05) is 26.8 Å².